The molecular weight excluding hydrogens is 294 g/mol. The minimum Gasteiger partial charge on any atom is -0.471 e. The molecule has 0 amide bonds. The SMILES string of the molecule is Cc1ccc(/C(=N/O)n2ccnc2)c(OCc2ccccn2)n1. The molecular formula is C16H15N5O2. The highest BCUT2D eigenvalue weighted by atomic mass is 16.5. The van der Waals surface area contributed by atoms with Crippen LogP contribution in [0.2, 0.25) is 0 Å². The van der Waals surface area contributed by atoms with Crippen LogP contribution in [0.3, 0.4) is 0 Å². The van der Waals surface area contributed by atoms with E-state index in [1.54, 1.807) is 29.2 Å². The molecule has 0 bridgehead atoms. The number of hydrogen-bond donors (Lipinski definition) is 1. The molecule has 23 heavy (non-hydrogen) atoms. The van der Waals surface area contributed by atoms with E-state index in [0.717, 1.165) is 11.4 Å². The first kappa shape index (κ1) is 14.7. The van der Waals surface area contributed by atoms with Crippen molar-refractivity contribution < 1.29 is 9.94 Å². The molecule has 3 rings (SSSR count). The molecule has 0 saturated carbocycles. The first-order valence-electron chi connectivity index (χ1n) is 6.99. The predicted octanol–water partition coefficient (Wildman–Crippen LogP) is 2.24. The van der Waals surface area contributed by atoms with Crippen LogP contribution in [0.25, 0.3) is 0 Å². The van der Waals surface area contributed by atoms with E-state index < -0.39 is 0 Å². The molecule has 0 fully saturated rings. The van der Waals surface area contributed by atoms with Crippen LogP contribution in [-0.4, -0.2) is 30.6 Å². The van der Waals surface area contributed by atoms with E-state index in [9.17, 15) is 5.21 Å². The topological polar surface area (TPSA) is 85.4 Å². The molecule has 1 N–H and O–H groups in total. The molecule has 3 aromatic rings. The van der Waals surface area contributed by atoms with Gasteiger partial charge in [0.25, 0.3) is 0 Å². The molecule has 7 nitrogen and oxygen atoms in total. The lowest BCUT2D eigenvalue weighted by Crippen LogP contribution is -2.15. The molecule has 0 radical (unpaired) electrons. The van der Waals surface area contributed by atoms with Crippen molar-refractivity contribution in [3.8, 4) is 5.88 Å². The van der Waals surface area contributed by atoms with Crippen LogP contribution in [-0.2, 0) is 6.61 Å². The highest BCUT2D eigenvalue weighted by Crippen LogP contribution is 2.19. The van der Waals surface area contributed by atoms with Crippen LogP contribution in [0.1, 0.15) is 17.0 Å². The molecule has 116 valence electrons. The zero-order chi connectivity index (χ0) is 16.1. The number of oxime groups is 1. The van der Waals surface area contributed by atoms with Gasteiger partial charge in [-0.3, -0.25) is 9.55 Å². The Labute approximate surface area is 132 Å². The zero-order valence-electron chi connectivity index (χ0n) is 12.5. The summed E-state index contributed by atoms with van der Waals surface area (Å²) in [6, 6.07) is 9.22. The van der Waals surface area contributed by atoms with Crippen molar-refractivity contribution in [2.45, 2.75) is 13.5 Å². The van der Waals surface area contributed by atoms with Gasteiger partial charge in [0.2, 0.25) is 5.88 Å². The monoisotopic (exact) mass is 309 g/mol. The van der Waals surface area contributed by atoms with E-state index in [1.807, 2.05) is 31.2 Å². The first-order valence-corrected chi connectivity index (χ1v) is 6.99. The number of imidazole rings is 1. The highest BCUT2D eigenvalue weighted by Gasteiger charge is 2.15. The van der Waals surface area contributed by atoms with E-state index >= 15 is 0 Å². The quantitative estimate of drug-likeness (QED) is 0.346. The lowest BCUT2D eigenvalue weighted by atomic mass is 10.2. The maximum atomic E-state index is 9.37. The fraction of sp³-hybridized carbons (Fsp3) is 0.125. The third-order valence-corrected chi connectivity index (χ3v) is 3.17. The van der Waals surface area contributed by atoms with Crippen molar-refractivity contribution in [1.29, 1.82) is 0 Å². The van der Waals surface area contributed by atoms with Crippen molar-refractivity contribution in [3.63, 3.8) is 0 Å². The van der Waals surface area contributed by atoms with Crippen molar-refractivity contribution in [1.82, 2.24) is 19.5 Å². The van der Waals surface area contributed by atoms with Crippen LogP contribution in [0.15, 0.2) is 60.4 Å². The molecule has 0 aliphatic heterocycles. The summed E-state index contributed by atoms with van der Waals surface area (Å²) in [5, 5.41) is 12.7. The van der Waals surface area contributed by atoms with Gasteiger partial charge in [0, 0.05) is 24.3 Å². The molecule has 3 aromatic heterocycles. The standard InChI is InChI=1S/C16H15N5O2/c1-12-5-6-14(15(20-22)21-9-8-17-11-21)16(19-12)23-10-13-4-2-3-7-18-13/h2-9,11,22H,10H2,1H3/b20-15-. The smallest absolute Gasteiger partial charge is 0.225 e. The van der Waals surface area contributed by atoms with Gasteiger partial charge in [0.05, 0.1) is 11.3 Å². The normalized spacial score (nSPS) is 11.4. The van der Waals surface area contributed by atoms with Gasteiger partial charge in [-0.05, 0) is 31.2 Å². The molecule has 3 heterocycles. The van der Waals surface area contributed by atoms with E-state index in [0.29, 0.717) is 11.4 Å². The van der Waals surface area contributed by atoms with E-state index in [2.05, 4.69) is 20.1 Å². The largest absolute Gasteiger partial charge is 0.471 e. The van der Waals surface area contributed by atoms with Gasteiger partial charge in [-0.25, -0.2) is 9.97 Å². The Bertz CT molecular complexity index is 801. The Morgan fingerprint density at radius 3 is 2.87 bits per heavy atom. The number of ether oxygens (including phenoxy) is 1. The van der Waals surface area contributed by atoms with Crippen LogP contribution < -0.4 is 4.74 Å². The van der Waals surface area contributed by atoms with Crippen molar-refractivity contribution in [2.75, 3.05) is 0 Å². The summed E-state index contributed by atoms with van der Waals surface area (Å²) in [5.74, 6) is 0.656. The molecule has 0 unspecified atom stereocenters. The summed E-state index contributed by atoms with van der Waals surface area (Å²) in [7, 11) is 0. The van der Waals surface area contributed by atoms with Crippen molar-refractivity contribution >= 4 is 5.84 Å². The highest BCUT2D eigenvalue weighted by molar-refractivity contribution is 6.01. The zero-order valence-corrected chi connectivity index (χ0v) is 12.5. The van der Waals surface area contributed by atoms with E-state index in [1.165, 1.54) is 6.33 Å². The van der Waals surface area contributed by atoms with Gasteiger partial charge in [-0.15, -0.1) is 0 Å². The fourth-order valence-corrected chi connectivity index (χ4v) is 2.07. The van der Waals surface area contributed by atoms with Crippen LogP contribution in [0, 0.1) is 6.92 Å². The van der Waals surface area contributed by atoms with Gasteiger partial charge >= 0.3 is 0 Å². The van der Waals surface area contributed by atoms with Gasteiger partial charge in [-0.1, -0.05) is 11.2 Å². The molecule has 0 spiro atoms. The van der Waals surface area contributed by atoms with Crippen LogP contribution in [0.5, 0.6) is 5.88 Å². The van der Waals surface area contributed by atoms with Crippen LogP contribution in [0.4, 0.5) is 0 Å². The minimum absolute atomic E-state index is 0.271. The number of pyridine rings is 2. The number of aryl methyl sites for hydroxylation is 1. The van der Waals surface area contributed by atoms with Gasteiger partial charge < -0.3 is 9.94 Å². The molecule has 0 aromatic carbocycles. The predicted molar refractivity (Wildman–Crippen MR) is 83.5 cm³/mol. The summed E-state index contributed by atoms with van der Waals surface area (Å²) in [6.45, 7) is 2.14. The van der Waals surface area contributed by atoms with E-state index in [-0.39, 0.29) is 12.4 Å². The summed E-state index contributed by atoms with van der Waals surface area (Å²) in [4.78, 5) is 12.6. The second kappa shape index (κ2) is 6.69. The first-order chi connectivity index (χ1) is 11.3. The molecule has 0 atom stereocenters. The lowest BCUT2D eigenvalue weighted by molar-refractivity contribution is 0.286. The maximum absolute atomic E-state index is 9.37. The maximum Gasteiger partial charge on any atom is 0.225 e. The molecule has 7 heteroatoms. The Kier molecular flexibility index (Phi) is 4.28. The second-order valence-corrected chi connectivity index (χ2v) is 4.81. The van der Waals surface area contributed by atoms with E-state index in [4.69, 9.17) is 4.74 Å². The second-order valence-electron chi connectivity index (χ2n) is 4.81. The molecule has 0 aliphatic carbocycles. The Morgan fingerprint density at radius 1 is 1.26 bits per heavy atom. The fourth-order valence-electron chi connectivity index (χ4n) is 2.07. The van der Waals surface area contributed by atoms with Gasteiger partial charge in [0.1, 0.15) is 12.9 Å². The lowest BCUT2D eigenvalue weighted by Gasteiger charge is -2.12. The third kappa shape index (κ3) is 3.34. The number of hydrogen-bond acceptors (Lipinski definition) is 6. The summed E-state index contributed by atoms with van der Waals surface area (Å²) in [5.41, 5.74) is 2.14. The number of nitrogens with zero attached hydrogens (tertiary/aromatic N) is 5. The Hall–Kier alpha value is -3.22. The van der Waals surface area contributed by atoms with Crippen molar-refractivity contribution in [3.05, 3.63) is 72.2 Å². The van der Waals surface area contributed by atoms with Gasteiger partial charge in [0.15, 0.2) is 5.84 Å². The Morgan fingerprint density at radius 2 is 2.17 bits per heavy atom. The van der Waals surface area contributed by atoms with Gasteiger partial charge in [-0.2, -0.15) is 0 Å². The minimum atomic E-state index is 0.271. The average Bonchev–Trinajstić information content (AvgIpc) is 3.10. The summed E-state index contributed by atoms with van der Waals surface area (Å²) < 4.78 is 7.37. The number of rotatable bonds is 4. The third-order valence-electron chi connectivity index (χ3n) is 3.17. The number of aromatic nitrogens is 4. The Balaban J connectivity index is 1.92. The van der Waals surface area contributed by atoms with Crippen LogP contribution >= 0.6 is 0 Å². The van der Waals surface area contributed by atoms with Crippen molar-refractivity contribution in [2.24, 2.45) is 5.16 Å². The average molecular weight is 309 g/mol. The summed E-state index contributed by atoms with van der Waals surface area (Å²) in [6.07, 6.45) is 6.52. The summed E-state index contributed by atoms with van der Waals surface area (Å²) >= 11 is 0. The molecule has 0 aliphatic rings. The molecule has 0 saturated heterocycles.